The van der Waals surface area contributed by atoms with Crippen LogP contribution < -0.4 is 0 Å². The van der Waals surface area contributed by atoms with Gasteiger partial charge < -0.3 is 9.64 Å². The molecule has 0 aromatic rings. The van der Waals surface area contributed by atoms with Crippen molar-refractivity contribution in [3.05, 3.63) is 0 Å². The molecule has 0 saturated carbocycles. The first-order valence-corrected chi connectivity index (χ1v) is 7.81. The Labute approximate surface area is 119 Å². The van der Waals surface area contributed by atoms with Gasteiger partial charge in [0, 0.05) is 6.54 Å². The van der Waals surface area contributed by atoms with Crippen LogP contribution in [0, 0.1) is 11.3 Å². The smallest absolute Gasteiger partial charge is 0.312 e. The number of rotatable bonds is 10. The van der Waals surface area contributed by atoms with Crippen LogP contribution in [0.3, 0.4) is 0 Å². The normalized spacial score (nSPS) is 14.7. The molecule has 1 atom stereocenters. The molecule has 0 N–H and O–H groups in total. The summed E-state index contributed by atoms with van der Waals surface area (Å²) in [6.07, 6.45) is 3.05. The van der Waals surface area contributed by atoms with E-state index in [4.69, 9.17) is 4.74 Å². The van der Waals surface area contributed by atoms with Crippen LogP contribution in [0.4, 0.5) is 0 Å². The summed E-state index contributed by atoms with van der Waals surface area (Å²) in [4.78, 5) is 14.6. The first kappa shape index (κ1) is 18.4. The Morgan fingerprint density at radius 2 is 1.79 bits per heavy atom. The summed E-state index contributed by atoms with van der Waals surface area (Å²) in [5.74, 6) is 0.287. The van der Waals surface area contributed by atoms with Crippen molar-refractivity contribution in [2.24, 2.45) is 11.3 Å². The van der Waals surface area contributed by atoms with Crippen LogP contribution in [0.2, 0.25) is 0 Å². The first-order valence-electron chi connectivity index (χ1n) is 7.81. The molecule has 0 heterocycles. The lowest BCUT2D eigenvalue weighted by Crippen LogP contribution is -2.37. The summed E-state index contributed by atoms with van der Waals surface area (Å²) < 4.78 is 5.52. The van der Waals surface area contributed by atoms with E-state index in [1.807, 2.05) is 6.92 Å². The van der Waals surface area contributed by atoms with Crippen molar-refractivity contribution in [2.45, 2.75) is 60.8 Å². The minimum Gasteiger partial charge on any atom is -0.464 e. The molecule has 0 aliphatic rings. The molecule has 1 unspecified atom stereocenters. The van der Waals surface area contributed by atoms with Crippen LogP contribution in [-0.2, 0) is 9.53 Å². The molecule has 0 saturated heterocycles. The van der Waals surface area contributed by atoms with E-state index in [1.54, 1.807) is 0 Å². The number of hydrogen-bond donors (Lipinski definition) is 0. The van der Waals surface area contributed by atoms with Gasteiger partial charge in [-0.3, -0.25) is 4.79 Å². The molecule has 114 valence electrons. The van der Waals surface area contributed by atoms with Gasteiger partial charge in [-0.05, 0) is 38.8 Å². The minimum atomic E-state index is -0.337. The summed E-state index contributed by atoms with van der Waals surface area (Å²) in [6, 6.07) is 0. The summed E-state index contributed by atoms with van der Waals surface area (Å²) in [6.45, 7) is 16.1. The maximum atomic E-state index is 12.3. The highest BCUT2D eigenvalue weighted by Crippen LogP contribution is 2.33. The van der Waals surface area contributed by atoms with Crippen LogP contribution in [0.5, 0.6) is 0 Å². The third-order valence-corrected chi connectivity index (χ3v) is 4.14. The monoisotopic (exact) mass is 271 g/mol. The zero-order valence-electron chi connectivity index (χ0n) is 13.8. The maximum absolute atomic E-state index is 12.3. The van der Waals surface area contributed by atoms with Crippen molar-refractivity contribution >= 4 is 5.97 Å². The van der Waals surface area contributed by atoms with Crippen molar-refractivity contribution in [2.75, 3.05) is 26.2 Å². The molecular weight excluding hydrogens is 238 g/mol. The molecule has 0 rings (SSSR count). The SMILES string of the molecule is CCCN(CC)CCOC(=O)C(C)(CCC)C(C)C. The number of carbonyl (C=O) groups excluding carboxylic acids is 1. The molecule has 3 nitrogen and oxygen atoms in total. The number of nitrogens with zero attached hydrogens (tertiary/aromatic N) is 1. The van der Waals surface area contributed by atoms with Gasteiger partial charge in [0.2, 0.25) is 0 Å². The number of hydrogen-bond acceptors (Lipinski definition) is 3. The second-order valence-corrected chi connectivity index (χ2v) is 5.89. The Bertz CT molecular complexity index is 253. The van der Waals surface area contributed by atoms with Gasteiger partial charge in [-0.1, -0.05) is 41.0 Å². The summed E-state index contributed by atoms with van der Waals surface area (Å²) in [7, 11) is 0. The van der Waals surface area contributed by atoms with Crippen LogP contribution in [0.1, 0.15) is 60.8 Å². The lowest BCUT2D eigenvalue weighted by molar-refractivity contribution is -0.158. The maximum Gasteiger partial charge on any atom is 0.312 e. The molecule has 0 fully saturated rings. The van der Waals surface area contributed by atoms with Gasteiger partial charge in [0.05, 0.1) is 5.41 Å². The fraction of sp³-hybridized carbons (Fsp3) is 0.938. The van der Waals surface area contributed by atoms with Gasteiger partial charge in [0.25, 0.3) is 0 Å². The zero-order chi connectivity index (χ0) is 14.9. The Kier molecular flexibility index (Phi) is 9.07. The van der Waals surface area contributed by atoms with E-state index >= 15 is 0 Å². The number of likely N-dealkylation sites (N-methyl/N-ethyl adjacent to an activating group) is 1. The van der Waals surface area contributed by atoms with Crippen molar-refractivity contribution in [1.29, 1.82) is 0 Å². The van der Waals surface area contributed by atoms with E-state index in [9.17, 15) is 4.79 Å². The zero-order valence-corrected chi connectivity index (χ0v) is 13.8. The number of carbonyl (C=O) groups is 1. The Morgan fingerprint density at radius 1 is 1.16 bits per heavy atom. The second-order valence-electron chi connectivity index (χ2n) is 5.89. The minimum absolute atomic E-state index is 0.0306. The second kappa shape index (κ2) is 9.35. The molecule has 0 spiro atoms. The standard InChI is InChI=1S/C16H33NO2/c1-7-10-16(6,14(4)5)15(18)19-13-12-17(9-3)11-8-2/h14H,7-13H2,1-6H3. The Hall–Kier alpha value is -0.570. The highest BCUT2D eigenvalue weighted by Gasteiger charge is 2.37. The van der Waals surface area contributed by atoms with Gasteiger partial charge in [0.1, 0.15) is 6.61 Å². The van der Waals surface area contributed by atoms with E-state index < -0.39 is 0 Å². The van der Waals surface area contributed by atoms with E-state index in [0.717, 1.165) is 38.9 Å². The predicted octanol–water partition coefficient (Wildman–Crippen LogP) is 3.72. The van der Waals surface area contributed by atoms with Gasteiger partial charge in [0.15, 0.2) is 0 Å². The molecule has 0 aliphatic heterocycles. The van der Waals surface area contributed by atoms with E-state index in [1.165, 1.54) is 0 Å². The van der Waals surface area contributed by atoms with Crippen LogP contribution in [0.15, 0.2) is 0 Å². The highest BCUT2D eigenvalue weighted by molar-refractivity contribution is 5.76. The highest BCUT2D eigenvalue weighted by atomic mass is 16.5. The van der Waals surface area contributed by atoms with Crippen molar-refractivity contribution in [3.63, 3.8) is 0 Å². The number of ether oxygens (including phenoxy) is 1. The van der Waals surface area contributed by atoms with Crippen LogP contribution in [-0.4, -0.2) is 37.1 Å². The molecular formula is C16H33NO2. The van der Waals surface area contributed by atoms with Crippen molar-refractivity contribution in [3.8, 4) is 0 Å². The summed E-state index contributed by atoms with van der Waals surface area (Å²) >= 11 is 0. The Balaban J connectivity index is 4.27. The third-order valence-electron chi connectivity index (χ3n) is 4.14. The third kappa shape index (κ3) is 5.94. The van der Waals surface area contributed by atoms with Gasteiger partial charge in [-0.15, -0.1) is 0 Å². The largest absolute Gasteiger partial charge is 0.464 e. The molecule has 3 heteroatoms. The molecule has 0 bridgehead atoms. The Morgan fingerprint density at radius 3 is 2.21 bits per heavy atom. The predicted molar refractivity (Wildman–Crippen MR) is 81.2 cm³/mol. The molecule has 0 aromatic carbocycles. The fourth-order valence-corrected chi connectivity index (χ4v) is 2.32. The molecule has 0 radical (unpaired) electrons. The van der Waals surface area contributed by atoms with Gasteiger partial charge >= 0.3 is 5.97 Å². The van der Waals surface area contributed by atoms with Crippen LogP contribution >= 0.6 is 0 Å². The molecule has 0 aromatic heterocycles. The van der Waals surface area contributed by atoms with Crippen molar-refractivity contribution < 1.29 is 9.53 Å². The average Bonchev–Trinajstić information content (AvgIpc) is 2.37. The molecule has 0 amide bonds. The topological polar surface area (TPSA) is 29.5 Å². The lowest BCUT2D eigenvalue weighted by Gasteiger charge is -2.31. The first-order chi connectivity index (χ1) is 8.92. The average molecular weight is 271 g/mol. The fourth-order valence-electron chi connectivity index (χ4n) is 2.32. The van der Waals surface area contributed by atoms with Crippen molar-refractivity contribution in [1.82, 2.24) is 4.90 Å². The summed E-state index contributed by atoms with van der Waals surface area (Å²) in [5.41, 5.74) is -0.337. The van der Waals surface area contributed by atoms with E-state index in [2.05, 4.69) is 39.5 Å². The number of esters is 1. The quantitative estimate of drug-likeness (QED) is 0.567. The molecule has 19 heavy (non-hydrogen) atoms. The summed E-state index contributed by atoms with van der Waals surface area (Å²) in [5, 5.41) is 0. The van der Waals surface area contributed by atoms with Crippen LogP contribution in [0.25, 0.3) is 0 Å². The molecule has 0 aliphatic carbocycles. The van der Waals surface area contributed by atoms with E-state index in [-0.39, 0.29) is 11.4 Å². The van der Waals surface area contributed by atoms with Gasteiger partial charge in [-0.25, -0.2) is 0 Å². The van der Waals surface area contributed by atoms with Gasteiger partial charge in [-0.2, -0.15) is 0 Å². The van der Waals surface area contributed by atoms with E-state index in [0.29, 0.717) is 12.5 Å². The lowest BCUT2D eigenvalue weighted by atomic mass is 9.75.